The van der Waals surface area contributed by atoms with Crippen molar-refractivity contribution in [2.75, 3.05) is 4.90 Å². The van der Waals surface area contributed by atoms with Gasteiger partial charge in [-0.2, -0.15) is 0 Å². The second-order valence-corrected chi connectivity index (χ2v) is 14.8. The summed E-state index contributed by atoms with van der Waals surface area (Å²) in [5, 5.41) is 7.47. The van der Waals surface area contributed by atoms with E-state index >= 15 is 0 Å². The van der Waals surface area contributed by atoms with E-state index in [1.165, 1.54) is 71.3 Å². The minimum absolute atomic E-state index is 0.0661. The molecule has 0 aliphatic rings. The molecule has 9 aromatic rings. The number of rotatable bonds is 6. The molecule has 53 heavy (non-hydrogen) atoms. The van der Waals surface area contributed by atoms with E-state index in [2.05, 4.69) is 207 Å². The van der Waals surface area contributed by atoms with Crippen LogP contribution < -0.4 is 4.90 Å². The summed E-state index contributed by atoms with van der Waals surface area (Å²) < 4.78 is 0. The van der Waals surface area contributed by atoms with Gasteiger partial charge in [0.25, 0.3) is 0 Å². The van der Waals surface area contributed by atoms with Gasteiger partial charge in [0.15, 0.2) is 0 Å². The zero-order valence-electron chi connectivity index (χ0n) is 30.3. The highest BCUT2D eigenvalue weighted by Crippen LogP contribution is 2.50. The Morgan fingerprint density at radius 2 is 0.906 bits per heavy atom. The lowest BCUT2D eigenvalue weighted by Gasteiger charge is -2.28. The van der Waals surface area contributed by atoms with E-state index in [1.807, 2.05) is 12.4 Å². The molecular weight excluding hydrogens is 641 g/mol. The Morgan fingerprint density at radius 3 is 1.53 bits per heavy atom. The van der Waals surface area contributed by atoms with Crippen LogP contribution in [-0.4, -0.2) is 4.98 Å². The normalized spacial score (nSPS) is 11.7. The van der Waals surface area contributed by atoms with Crippen molar-refractivity contribution in [3.05, 3.63) is 194 Å². The van der Waals surface area contributed by atoms with Gasteiger partial charge in [-0.05, 0) is 119 Å². The predicted octanol–water partition coefficient (Wildman–Crippen LogP) is 14.3. The zero-order valence-corrected chi connectivity index (χ0v) is 30.3. The number of aromatic nitrogens is 1. The van der Waals surface area contributed by atoms with Crippen LogP contribution in [0.15, 0.2) is 188 Å². The number of anilines is 3. The van der Waals surface area contributed by atoms with Gasteiger partial charge in [0.1, 0.15) is 0 Å². The number of nitrogens with zero attached hydrogens (tertiary/aromatic N) is 2. The van der Waals surface area contributed by atoms with Crippen molar-refractivity contribution in [1.82, 2.24) is 4.98 Å². The van der Waals surface area contributed by atoms with Crippen LogP contribution in [0.3, 0.4) is 0 Å². The van der Waals surface area contributed by atoms with Crippen LogP contribution in [0.2, 0.25) is 0 Å². The lowest BCUT2D eigenvalue weighted by Crippen LogP contribution is -2.13. The molecule has 0 aliphatic carbocycles. The highest BCUT2D eigenvalue weighted by molar-refractivity contribution is 6.33. The molecule has 0 saturated carbocycles. The molecule has 1 heterocycles. The van der Waals surface area contributed by atoms with E-state index in [4.69, 9.17) is 0 Å². The minimum Gasteiger partial charge on any atom is -0.310 e. The van der Waals surface area contributed by atoms with Crippen LogP contribution in [0.25, 0.3) is 65.7 Å². The van der Waals surface area contributed by atoms with Crippen LogP contribution >= 0.6 is 0 Å². The first kappa shape index (κ1) is 32.4. The fourth-order valence-corrected chi connectivity index (χ4v) is 7.93. The van der Waals surface area contributed by atoms with Gasteiger partial charge in [0.05, 0.1) is 0 Å². The maximum atomic E-state index is 4.36. The largest absolute Gasteiger partial charge is 0.310 e. The molecule has 0 atom stereocenters. The van der Waals surface area contributed by atoms with Gasteiger partial charge >= 0.3 is 0 Å². The first-order valence-corrected chi connectivity index (χ1v) is 18.4. The summed E-state index contributed by atoms with van der Waals surface area (Å²) in [5.41, 5.74) is 12.0. The number of benzene rings is 8. The van der Waals surface area contributed by atoms with Crippen LogP contribution in [0, 0.1) is 0 Å². The Hall–Kier alpha value is -6.51. The van der Waals surface area contributed by atoms with Crippen molar-refractivity contribution in [3.8, 4) is 33.4 Å². The summed E-state index contributed by atoms with van der Waals surface area (Å²) in [7, 11) is 0. The highest BCUT2D eigenvalue weighted by atomic mass is 15.1. The molecule has 0 aliphatic heterocycles. The van der Waals surface area contributed by atoms with Gasteiger partial charge in [-0.1, -0.05) is 154 Å². The Morgan fingerprint density at radius 1 is 0.396 bits per heavy atom. The molecule has 0 unspecified atom stereocenters. The summed E-state index contributed by atoms with van der Waals surface area (Å²) in [4.78, 5) is 6.71. The van der Waals surface area contributed by atoms with Crippen molar-refractivity contribution < 1.29 is 0 Å². The van der Waals surface area contributed by atoms with Crippen LogP contribution in [0.5, 0.6) is 0 Å². The van der Waals surface area contributed by atoms with Crippen LogP contribution in [0.1, 0.15) is 26.3 Å². The molecule has 254 valence electrons. The van der Waals surface area contributed by atoms with Gasteiger partial charge in [0.2, 0.25) is 0 Å². The van der Waals surface area contributed by atoms with E-state index in [1.54, 1.807) is 0 Å². The van der Waals surface area contributed by atoms with E-state index in [0.29, 0.717) is 0 Å². The second kappa shape index (κ2) is 13.2. The summed E-state index contributed by atoms with van der Waals surface area (Å²) in [5.74, 6) is 0. The maximum absolute atomic E-state index is 4.36. The number of fused-ring (bicyclic) bond motifs is 6. The average Bonchev–Trinajstić information content (AvgIpc) is 3.21. The molecule has 0 fully saturated rings. The van der Waals surface area contributed by atoms with E-state index in [9.17, 15) is 0 Å². The molecule has 0 N–H and O–H groups in total. The molecule has 9 rings (SSSR count). The smallest absolute Gasteiger partial charge is 0.0492 e. The van der Waals surface area contributed by atoms with Gasteiger partial charge in [0, 0.05) is 29.5 Å². The molecule has 0 saturated heterocycles. The molecule has 2 heteroatoms. The van der Waals surface area contributed by atoms with E-state index in [-0.39, 0.29) is 5.41 Å². The van der Waals surface area contributed by atoms with Crippen LogP contribution in [-0.2, 0) is 5.41 Å². The summed E-state index contributed by atoms with van der Waals surface area (Å²) >= 11 is 0. The fraction of sp³-hybridized carbons (Fsp3) is 0.0784. The molecule has 2 nitrogen and oxygen atoms in total. The van der Waals surface area contributed by atoms with Crippen molar-refractivity contribution in [3.63, 3.8) is 0 Å². The van der Waals surface area contributed by atoms with Crippen LogP contribution in [0.4, 0.5) is 17.1 Å². The summed E-state index contributed by atoms with van der Waals surface area (Å²) in [6.07, 6.45) is 3.75. The van der Waals surface area contributed by atoms with E-state index in [0.717, 1.165) is 17.1 Å². The van der Waals surface area contributed by atoms with Gasteiger partial charge in [-0.25, -0.2) is 0 Å². The van der Waals surface area contributed by atoms with E-state index < -0.39 is 0 Å². The Bertz CT molecular complexity index is 2710. The Balaban J connectivity index is 1.42. The van der Waals surface area contributed by atoms with Crippen molar-refractivity contribution in [2.45, 2.75) is 26.2 Å². The van der Waals surface area contributed by atoms with Gasteiger partial charge < -0.3 is 4.90 Å². The van der Waals surface area contributed by atoms with Crippen molar-refractivity contribution in [1.29, 1.82) is 0 Å². The number of hydrogen-bond donors (Lipinski definition) is 0. The molecule has 0 bridgehead atoms. The minimum atomic E-state index is 0.0661. The average molecular weight is 681 g/mol. The van der Waals surface area contributed by atoms with Gasteiger partial charge in [-0.15, -0.1) is 0 Å². The first-order chi connectivity index (χ1) is 26.0. The third kappa shape index (κ3) is 5.83. The SMILES string of the molecule is CC(C)(C)c1ccc(N(c2ccncc2)c2ccc3c(c2)c2ccccc2c2c(-c4ccccc4)cc(-c4ccccc4)c(-c4ccccc4)c32)cc1. The predicted molar refractivity (Wildman–Crippen MR) is 226 cm³/mol. The Kier molecular flexibility index (Phi) is 8.09. The van der Waals surface area contributed by atoms with Crippen molar-refractivity contribution >= 4 is 49.4 Å². The Labute approximate surface area is 311 Å². The quantitative estimate of drug-likeness (QED) is 0.163. The third-order valence-corrected chi connectivity index (χ3v) is 10.5. The molecule has 0 radical (unpaired) electrons. The molecule has 0 amide bonds. The van der Waals surface area contributed by atoms with Crippen molar-refractivity contribution in [2.24, 2.45) is 0 Å². The second-order valence-electron chi connectivity index (χ2n) is 14.8. The highest BCUT2D eigenvalue weighted by Gasteiger charge is 2.23. The summed E-state index contributed by atoms with van der Waals surface area (Å²) in [6, 6.07) is 64.2. The summed E-state index contributed by atoms with van der Waals surface area (Å²) in [6.45, 7) is 6.78. The lowest BCUT2D eigenvalue weighted by molar-refractivity contribution is 0.590. The molecule has 1 aromatic heterocycles. The molecule has 8 aromatic carbocycles. The standard InChI is InChI=1S/C51H40N2/c1-51(2,3)38-23-25-39(26-24-38)53(40-29-31-52-32-30-40)41-27-28-44-47(33-41)42-21-13-14-22-43(42)49-46(36-17-9-5-10-18-36)34-45(35-15-7-4-8-16-35)48(50(44)49)37-19-11-6-12-20-37/h4-34H,1-3H3. The fourth-order valence-electron chi connectivity index (χ4n) is 7.93. The maximum Gasteiger partial charge on any atom is 0.0492 e. The first-order valence-electron chi connectivity index (χ1n) is 18.4. The topological polar surface area (TPSA) is 16.1 Å². The van der Waals surface area contributed by atoms with Gasteiger partial charge in [-0.3, -0.25) is 4.98 Å². The third-order valence-electron chi connectivity index (χ3n) is 10.5. The number of hydrogen-bond acceptors (Lipinski definition) is 2. The molecule has 0 spiro atoms. The zero-order chi connectivity index (χ0) is 35.9. The molecular formula is C51H40N2. The lowest BCUT2D eigenvalue weighted by atomic mass is 9.81. The monoisotopic (exact) mass is 680 g/mol. The number of pyridine rings is 1.